The summed E-state index contributed by atoms with van der Waals surface area (Å²) in [5.74, 6) is -0.546. The van der Waals surface area contributed by atoms with Crippen LogP contribution in [0.1, 0.15) is 177 Å². The van der Waals surface area contributed by atoms with Crippen LogP contribution in [0.5, 0.6) is 0 Å². The molecule has 3 heterocycles. The second-order valence-corrected chi connectivity index (χ2v) is 19.6. The number of carbonyl (C=O) groups excluding carboxylic acids is 4. The van der Waals surface area contributed by atoms with Gasteiger partial charge in [-0.2, -0.15) is 0 Å². The zero-order chi connectivity index (χ0) is 45.5. The summed E-state index contributed by atoms with van der Waals surface area (Å²) in [4.78, 5) is 60.3. The Hall–Kier alpha value is -4.08. The number of unbranched alkanes of at least 4 members (excludes halogenated alkanes) is 12. The van der Waals surface area contributed by atoms with Crippen LogP contribution in [0.2, 0.25) is 0 Å². The van der Waals surface area contributed by atoms with Gasteiger partial charge in [0.05, 0.1) is 35.0 Å². The lowest BCUT2D eigenvalue weighted by atomic mass is 9.94. The van der Waals surface area contributed by atoms with E-state index in [-0.39, 0.29) is 35.4 Å². The maximum Gasteiger partial charge on any atom is 0.308 e. The molecule has 0 radical (unpaired) electrons. The number of anilines is 2. The number of hydrogen-bond acceptors (Lipinski definition) is 7. The van der Waals surface area contributed by atoms with E-state index in [0.29, 0.717) is 37.3 Å². The molecule has 5 rings (SSSR count). The molecule has 2 aliphatic rings. The van der Waals surface area contributed by atoms with Crippen molar-refractivity contribution >= 4 is 57.4 Å². The molecule has 0 spiro atoms. The van der Waals surface area contributed by atoms with Crippen molar-refractivity contribution in [2.24, 2.45) is 11.8 Å². The summed E-state index contributed by atoms with van der Waals surface area (Å²) in [6.07, 6.45) is 17.2. The first-order valence-corrected chi connectivity index (χ1v) is 25.3. The van der Waals surface area contributed by atoms with Gasteiger partial charge in [0.2, 0.25) is 0 Å². The van der Waals surface area contributed by atoms with E-state index in [1.54, 1.807) is 0 Å². The molecule has 0 aliphatic carbocycles. The van der Waals surface area contributed by atoms with E-state index in [1.807, 2.05) is 67.9 Å². The number of benzene rings is 2. The number of carbonyl (C=O) groups is 4. The van der Waals surface area contributed by atoms with Gasteiger partial charge in [-0.1, -0.05) is 130 Å². The van der Waals surface area contributed by atoms with Crippen molar-refractivity contribution < 1.29 is 29.0 Å². The summed E-state index contributed by atoms with van der Waals surface area (Å²) in [5, 5.41) is 10.4. The minimum atomic E-state index is -0.888. The minimum Gasteiger partial charge on any atom is -0.465 e. The van der Waals surface area contributed by atoms with Gasteiger partial charge in [0.15, 0.2) is 5.78 Å². The Morgan fingerprint density at radius 3 is 1.84 bits per heavy atom. The monoisotopic (exact) mass is 881 g/mol. The Balaban J connectivity index is 1.33. The number of esters is 1. The molecule has 2 amide bonds. The molecule has 63 heavy (non-hydrogen) atoms. The molecule has 3 unspecified atom stereocenters. The fourth-order valence-electron chi connectivity index (χ4n) is 8.94. The summed E-state index contributed by atoms with van der Waals surface area (Å²) < 4.78 is 5.41. The van der Waals surface area contributed by atoms with Crippen molar-refractivity contribution in [3.05, 3.63) is 69.6 Å². The van der Waals surface area contributed by atoms with Gasteiger partial charge in [0, 0.05) is 39.9 Å². The second kappa shape index (κ2) is 24.8. The highest BCUT2D eigenvalue weighted by atomic mass is 32.1. The number of rotatable bonds is 28. The first-order chi connectivity index (χ1) is 30.4. The predicted molar refractivity (Wildman–Crippen MR) is 261 cm³/mol. The highest BCUT2D eigenvalue weighted by Gasteiger charge is 2.42. The summed E-state index contributed by atoms with van der Waals surface area (Å²) >= 11 is 1.82. The third-order valence-corrected chi connectivity index (χ3v) is 14.4. The van der Waals surface area contributed by atoms with E-state index < -0.39 is 6.10 Å². The van der Waals surface area contributed by atoms with Crippen molar-refractivity contribution in [3.63, 3.8) is 0 Å². The van der Waals surface area contributed by atoms with Crippen LogP contribution in [0.25, 0.3) is 21.6 Å². The van der Waals surface area contributed by atoms with Crippen molar-refractivity contribution in [1.82, 2.24) is 0 Å². The first kappa shape index (κ1) is 49.9. The topological polar surface area (TPSA) is 104 Å². The van der Waals surface area contributed by atoms with Crippen molar-refractivity contribution in [1.29, 1.82) is 0 Å². The number of ketones is 1. The highest BCUT2D eigenvalue weighted by molar-refractivity contribution is 7.15. The molecule has 0 saturated heterocycles. The van der Waals surface area contributed by atoms with Crippen LogP contribution in [-0.4, -0.2) is 54.5 Å². The molecule has 1 aromatic heterocycles. The Morgan fingerprint density at radius 2 is 1.22 bits per heavy atom. The average Bonchev–Trinajstić information content (AvgIpc) is 3.88. The lowest BCUT2D eigenvalue weighted by molar-refractivity contribution is -0.148. The fourth-order valence-corrected chi connectivity index (χ4v) is 10.0. The predicted octanol–water partition coefficient (Wildman–Crippen LogP) is 13.0. The van der Waals surface area contributed by atoms with Crippen LogP contribution in [0.15, 0.2) is 42.5 Å². The van der Waals surface area contributed by atoms with E-state index in [2.05, 4.69) is 44.2 Å². The lowest BCUT2D eigenvalue weighted by Gasteiger charge is -2.18. The molecule has 2 aromatic carbocycles. The van der Waals surface area contributed by atoms with Crippen molar-refractivity contribution in [2.45, 2.75) is 177 Å². The second-order valence-electron chi connectivity index (χ2n) is 18.3. The number of thiophene rings is 1. The van der Waals surface area contributed by atoms with Gasteiger partial charge in [-0.15, -0.1) is 11.3 Å². The number of nitrogens with zero attached hydrogens (tertiary/aromatic N) is 2. The molecule has 1 N–H and O–H groups in total. The van der Waals surface area contributed by atoms with Gasteiger partial charge in [-0.05, 0) is 100 Å². The van der Waals surface area contributed by atoms with Gasteiger partial charge in [-0.3, -0.25) is 19.2 Å². The molecular formula is C54H76N2O6S. The number of ether oxygens (including phenoxy) is 1. The fraction of sp³-hybridized carbons (Fsp3) is 0.593. The maximum atomic E-state index is 14.9. The lowest BCUT2D eigenvalue weighted by Crippen LogP contribution is -2.30. The maximum absolute atomic E-state index is 14.9. The summed E-state index contributed by atoms with van der Waals surface area (Å²) in [5.41, 5.74) is 7.99. The van der Waals surface area contributed by atoms with Gasteiger partial charge in [0.25, 0.3) is 11.8 Å². The summed E-state index contributed by atoms with van der Waals surface area (Å²) in [6, 6.07) is 14.9. The molecular weight excluding hydrogens is 805 g/mol. The van der Waals surface area contributed by atoms with E-state index in [4.69, 9.17) is 4.74 Å². The highest BCUT2D eigenvalue weighted by Crippen LogP contribution is 2.48. The van der Waals surface area contributed by atoms with E-state index in [0.717, 1.165) is 130 Å². The zero-order valence-electron chi connectivity index (χ0n) is 39.6. The Labute approximate surface area is 382 Å². The van der Waals surface area contributed by atoms with Crippen molar-refractivity contribution in [3.8, 4) is 10.4 Å². The molecule has 3 aromatic rings. The summed E-state index contributed by atoms with van der Waals surface area (Å²) in [6.45, 7) is 15.8. The van der Waals surface area contributed by atoms with Gasteiger partial charge in [-0.25, -0.2) is 0 Å². The molecule has 0 fully saturated rings. The molecule has 9 heteroatoms. The van der Waals surface area contributed by atoms with Crippen LogP contribution in [0.4, 0.5) is 11.4 Å². The van der Waals surface area contributed by atoms with Gasteiger partial charge in [0.1, 0.15) is 6.10 Å². The van der Waals surface area contributed by atoms with Crippen LogP contribution in [0.3, 0.4) is 0 Å². The molecule has 2 aliphatic heterocycles. The Bertz CT molecular complexity index is 2050. The number of fused-ring (bicyclic) bond motifs is 2. The van der Waals surface area contributed by atoms with Crippen LogP contribution < -0.4 is 9.80 Å². The number of Topliss-reactive ketones (excluding diaryl/α,β-unsaturated/α-hetero) is 1. The normalized spacial score (nSPS) is 16.1. The minimum absolute atomic E-state index is 0.0522. The molecule has 0 bridgehead atoms. The standard InChI is InChI=1S/C54H76N2O6S/c1-8-11-12-20-25-41-35-40(7)63-51(41)42-28-30-44-46(36-42)56(32-23-18-15-16-21-26-47(57)50(58)38(5)9-2)53(60)49(44)48-43-29-27-37(4)34-45(43)55(52(48)59)31-22-17-13-14-19-24-33-62-54(61)39(6)10-3/h27-30,34-36,38-39,47,57H,8-26,31-33H2,1-7H3/b49-48+. The van der Waals surface area contributed by atoms with Crippen molar-refractivity contribution in [2.75, 3.05) is 29.5 Å². The molecule has 0 saturated carbocycles. The molecule has 344 valence electrons. The van der Waals surface area contributed by atoms with Gasteiger partial charge >= 0.3 is 5.97 Å². The van der Waals surface area contributed by atoms with Crippen LogP contribution in [0, 0.1) is 25.7 Å². The molecule has 3 atom stereocenters. The largest absolute Gasteiger partial charge is 0.465 e. The zero-order valence-corrected chi connectivity index (χ0v) is 40.4. The number of amides is 2. The average molecular weight is 881 g/mol. The number of aryl methyl sites for hydroxylation is 3. The summed E-state index contributed by atoms with van der Waals surface area (Å²) in [7, 11) is 0. The van der Waals surface area contributed by atoms with E-state index in [1.165, 1.54) is 34.6 Å². The number of hydrogen-bond donors (Lipinski definition) is 1. The third kappa shape index (κ3) is 13.0. The van der Waals surface area contributed by atoms with Crippen LogP contribution in [-0.2, 0) is 30.3 Å². The molecule has 8 nitrogen and oxygen atoms in total. The Kier molecular flexibility index (Phi) is 19.7. The van der Waals surface area contributed by atoms with E-state index in [9.17, 15) is 24.3 Å². The first-order valence-electron chi connectivity index (χ1n) is 24.5. The van der Waals surface area contributed by atoms with Crippen LogP contribution >= 0.6 is 11.3 Å². The quantitative estimate of drug-likeness (QED) is 0.0442. The van der Waals surface area contributed by atoms with Gasteiger partial charge < -0.3 is 19.6 Å². The smallest absolute Gasteiger partial charge is 0.308 e. The number of aliphatic hydroxyl groups excluding tert-OH is 1. The van der Waals surface area contributed by atoms with E-state index >= 15 is 0 Å². The Morgan fingerprint density at radius 1 is 0.667 bits per heavy atom. The number of aliphatic hydroxyl groups is 1. The SMILES string of the molecule is CCCCCCc1cc(C)sc1-c1ccc2c(c1)N(CCCCCCCC(O)C(=O)C(C)CC)C(=O)/C2=C1/C(=O)N(CCCCCCCCOC(=O)C(C)CC)c2cc(C)ccc21. The third-order valence-electron chi connectivity index (χ3n) is 13.3.